The average molecular weight is 310 g/mol. The van der Waals surface area contributed by atoms with Crippen LogP contribution in [0, 0.1) is 0 Å². The highest BCUT2D eigenvalue weighted by Gasteiger charge is 2.11. The Bertz CT molecular complexity index is 523. The number of carbonyl (C=O) groups is 3. The maximum Gasteiger partial charge on any atom is 0.325 e. The fourth-order valence-electron chi connectivity index (χ4n) is 1.99. The predicted octanol–water partition coefficient (Wildman–Crippen LogP) is 0.945. The normalized spacial score (nSPS) is 10.3. The molecule has 0 fully saturated rings. The molecule has 2 N–H and O–H groups in total. The molecule has 0 radical (unpaired) electrons. The van der Waals surface area contributed by atoms with Gasteiger partial charge in [0.25, 0.3) is 0 Å². The predicted molar refractivity (Wildman–Crippen MR) is 80.3 cm³/mol. The number of nitrogens with zero attached hydrogens (tertiary/aromatic N) is 3. The van der Waals surface area contributed by atoms with Gasteiger partial charge in [-0.1, -0.05) is 0 Å². The zero-order chi connectivity index (χ0) is 16.5. The Morgan fingerprint density at radius 2 is 1.95 bits per heavy atom. The number of hydrogen-bond donors (Lipinski definition) is 2. The second-order valence-corrected chi connectivity index (χ2v) is 4.76. The second-order valence-electron chi connectivity index (χ2n) is 4.76. The van der Waals surface area contributed by atoms with E-state index in [0.29, 0.717) is 31.7 Å². The molecule has 0 bridgehead atoms. The fourth-order valence-corrected chi connectivity index (χ4v) is 1.99. The Hall–Kier alpha value is -2.38. The van der Waals surface area contributed by atoms with Gasteiger partial charge in [-0.05, 0) is 20.3 Å². The minimum Gasteiger partial charge on any atom is -0.480 e. The number of rotatable bonds is 9. The van der Waals surface area contributed by atoms with E-state index in [0.717, 1.165) is 0 Å². The molecule has 0 saturated heterocycles. The van der Waals surface area contributed by atoms with Crippen LogP contribution in [0.1, 0.15) is 33.1 Å². The highest BCUT2D eigenvalue weighted by atomic mass is 16.4. The van der Waals surface area contributed by atoms with Crippen LogP contribution in [0.4, 0.5) is 5.82 Å². The summed E-state index contributed by atoms with van der Waals surface area (Å²) in [5.41, 5.74) is 0. The first kappa shape index (κ1) is 17.7. The van der Waals surface area contributed by atoms with Gasteiger partial charge < -0.3 is 15.3 Å². The largest absolute Gasteiger partial charge is 0.480 e. The number of aromatic nitrogens is 2. The number of carbonyl (C=O) groups excluding carboxylic acids is 2. The lowest BCUT2D eigenvalue weighted by Crippen LogP contribution is -2.30. The summed E-state index contributed by atoms with van der Waals surface area (Å²) in [6.07, 6.45) is 2.51. The molecule has 0 aliphatic rings. The molecule has 0 aromatic carbocycles. The quantitative estimate of drug-likeness (QED) is 0.706. The number of hydrogen-bond acceptors (Lipinski definition) is 4. The smallest absolute Gasteiger partial charge is 0.325 e. The van der Waals surface area contributed by atoms with Crippen LogP contribution in [0.5, 0.6) is 0 Å². The van der Waals surface area contributed by atoms with Crippen LogP contribution < -0.4 is 5.32 Å². The highest BCUT2D eigenvalue weighted by Crippen LogP contribution is 2.06. The molecule has 0 saturated carbocycles. The molecule has 1 rings (SSSR count). The number of anilines is 1. The van der Waals surface area contributed by atoms with Crippen molar-refractivity contribution < 1.29 is 19.5 Å². The van der Waals surface area contributed by atoms with Crippen molar-refractivity contribution in [2.45, 2.75) is 39.7 Å². The fraction of sp³-hybridized carbons (Fsp3) is 0.571. The second kappa shape index (κ2) is 8.81. The number of carboxylic acid groups (broad SMARTS) is 1. The lowest BCUT2D eigenvalue weighted by molar-refractivity contribution is -0.138. The minimum absolute atomic E-state index is 0.0449. The molecule has 1 heterocycles. The van der Waals surface area contributed by atoms with Crippen molar-refractivity contribution in [3.05, 3.63) is 12.3 Å². The van der Waals surface area contributed by atoms with E-state index in [9.17, 15) is 14.4 Å². The molecule has 0 spiro atoms. The van der Waals surface area contributed by atoms with Gasteiger partial charge in [-0.2, -0.15) is 5.10 Å². The van der Waals surface area contributed by atoms with Gasteiger partial charge >= 0.3 is 5.97 Å². The minimum atomic E-state index is -1.00. The summed E-state index contributed by atoms with van der Waals surface area (Å²) >= 11 is 0. The van der Waals surface area contributed by atoms with Crippen LogP contribution >= 0.6 is 0 Å². The molecule has 2 amide bonds. The topological polar surface area (TPSA) is 105 Å². The summed E-state index contributed by atoms with van der Waals surface area (Å²) in [6, 6.07) is 1.53. The molecule has 8 nitrogen and oxygen atoms in total. The third kappa shape index (κ3) is 5.94. The Kier molecular flexibility index (Phi) is 7.07. The Morgan fingerprint density at radius 1 is 1.27 bits per heavy atom. The van der Waals surface area contributed by atoms with Crippen LogP contribution in [0.15, 0.2) is 12.3 Å². The molecule has 1 aromatic rings. The van der Waals surface area contributed by atoms with Crippen molar-refractivity contribution in [3.8, 4) is 0 Å². The van der Waals surface area contributed by atoms with Crippen molar-refractivity contribution in [1.82, 2.24) is 14.7 Å². The average Bonchev–Trinajstić information content (AvgIpc) is 2.86. The van der Waals surface area contributed by atoms with Crippen LogP contribution in [0.25, 0.3) is 0 Å². The van der Waals surface area contributed by atoms with Crippen LogP contribution in [0.2, 0.25) is 0 Å². The van der Waals surface area contributed by atoms with Gasteiger partial charge in [0.15, 0.2) is 5.82 Å². The first-order valence-corrected chi connectivity index (χ1v) is 7.29. The molecule has 8 heteroatoms. The summed E-state index contributed by atoms with van der Waals surface area (Å²) in [5.74, 6) is -0.895. The molecular weight excluding hydrogens is 288 g/mol. The zero-order valence-corrected chi connectivity index (χ0v) is 12.9. The monoisotopic (exact) mass is 310 g/mol. The number of carboxylic acids is 1. The van der Waals surface area contributed by atoms with Crippen LogP contribution in [-0.2, 0) is 20.9 Å². The van der Waals surface area contributed by atoms with Gasteiger partial charge in [-0.3, -0.25) is 19.1 Å². The lowest BCUT2D eigenvalue weighted by atomic mass is 10.2. The molecule has 0 aliphatic carbocycles. The molecule has 22 heavy (non-hydrogen) atoms. The van der Waals surface area contributed by atoms with Gasteiger partial charge in [-0.25, -0.2) is 0 Å². The number of nitrogens with one attached hydrogen (secondary N) is 1. The van der Waals surface area contributed by atoms with E-state index < -0.39 is 5.97 Å². The van der Waals surface area contributed by atoms with Crippen molar-refractivity contribution in [2.24, 2.45) is 0 Å². The first-order valence-electron chi connectivity index (χ1n) is 7.29. The van der Waals surface area contributed by atoms with Crippen molar-refractivity contribution in [2.75, 3.05) is 18.4 Å². The summed E-state index contributed by atoms with van der Waals surface area (Å²) in [6.45, 7) is 4.92. The highest BCUT2D eigenvalue weighted by molar-refractivity contribution is 5.90. The van der Waals surface area contributed by atoms with E-state index in [2.05, 4.69) is 10.4 Å². The molecule has 0 atom stereocenters. The van der Waals surface area contributed by atoms with E-state index in [4.69, 9.17) is 5.11 Å². The molecule has 1 aromatic heterocycles. The SMILES string of the molecule is CCN(CC)C(=O)CCCC(=O)Nc1ccn(CC(=O)O)n1. The Balaban J connectivity index is 2.33. The Morgan fingerprint density at radius 3 is 2.55 bits per heavy atom. The van der Waals surface area contributed by atoms with Crippen molar-refractivity contribution >= 4 is 23.6 Å². The van der Waals surface area contributed by atoms with Gasteiger partial charge in [-0.15, -0.1) is 0 Å². The van der Waals surface area contributed by atoms with E-state index in [1.54, 1.807) is 4.90 Å². The standard InChI is InChI=1S/C14H22N4O4/c1-3-17(4-2)13(20)7-5-6-12(19)15-11-8-9-18(16-11)10-14(21)22/h8-9H,3-7,10H2,1-2H3,(H,21,22)(H,15,16,19). The molecule has 0 unspecified atom stereocenters. The van der Waals surface area contributed by atoms with Crippen LogP contribution in [0.3, 0.4) is 0 Å². The maximum absolute atomic E-state index is 11.8. The maximum atomic E-state index is 11.8. The molecular formula is C14H22N4O4. The third-order valence-electron chi connectivity index (χ3n) is 3.12. The molecule has 122 valence electrons. The lowest BCUT2D eigenvalue weighted by Gasteiger charge is -2.18. The van der Waals surface area contributed by atoms with E-state index >= 15 is 0 Å². The van der Waals surface area contributed by atoms with Gasteiger partial charge in [0.05, 0.1) is 0 Å². The Labute approximate surface area is 129 Å². The van der Waals surface area contributed by atoms with Crippen LogP contribution in [-0.4, -0.2) is 50.7 Å². The summed E-state index contributed by atoms with van der Waals surface area (Å²) in [4.78, 5) is 35.8. The molecule has 0 aliphatic heterocycles. The van der Waals surface area contributed by atoms with E-state index in [1.807, 2.05) is 13.8 Å². The summed E-state index contributed by atoms with van der Waals surface area (Å²) in [5, 5.41) is 15.1. The van der Waals surface area contributed by atoms with Crippen molar-refractivity contribution in [3.63, 3.8) is 0 Å². The summed E-state index contributed by atoms with van der Waals surface area (Å²) in [7, 11) is 0. The zero-order valence-electron chi connectivity index (χ0n) is 12.9. The third-order valence-corrected chi connectivity index (χ3v) is 3.12. The van der Waals surface area contributed by atoms with E-state index in [-0.39, 0.29) is 24.8 Å². The number of amides is 2. The number of aliphatic carboxylic acids is 1. The first-order chi connectivity index (χ1) is 10.5. The summed E-state index contributed by atoms with van der Waals surface area (Å²) < 4.78 is 1.22. The van der Waals surface area contributed by atoms with Gasteiger partial charge in [0, 0.05) is 38.2 Å². The van der Waals surface area contributed by atoms with Gasteiger partial charge in [0.2, 0.25) is 11.8 Å². The van der Waals surface area contributed by atoms with Crippen molar-refractivity contribution in [1.29, 1.82) is 0 Å². The van der Waals surface area contributed by atoms with Gasteiger partial charge in [0.1, 0.15) is 6.54 Å². The van der Waals surface area contributed by atoms with E-state index in [1.165, 1.54) is 16.9 Å².